The summed E-state index contributed by atoms with van der Waals surface area (Å²) in [7, 11) is 1.62. The van der Waals surface area contributed by atoms with Crippen molar-refractivity contribution in [2.24, 2.45) is 0 Å². The molecule has 6 heteroatoms. The Morgan fingerprint density at radius 3 is 2.68 bits per heavy atom. The number of ether oxygens (including phenoxy) is 2. The van der Waals surface area contributed by atoms with E-state index >= 15 is 0 Å². The Labute approximate surface area is 134 Å². The van der Waals surface area contributed by atoms with Gasteiger partial charge in [0, 0.05) is 17.3 Å². The van der Waals surface area contributed by atoms with Crippen molar-refractivity contribution in [2.45, 2.75) is 13.2 Å². The van der Waals surface area contributed by atoms with Gasteiger partial charge >= 0.3 is 0 Å². The molecule has 0 aliphatic rings. The van der Waals surface area contributed by atoms with Crippen LogP contribution in [0.4, 0.5) is 0 Å². The van der Waals surface area contributed by atoms with E-state index < -0.39 is 0 Å². The van der Waals surface area contributed by atoms with Crippen molar-refractivity contribution in [3.05, 3.63) is 52.8 Å². The van der Waals surface area contributed by atoms with Crippen LogP contribution >= 0.6 is 11.6 Å². The molecule has 2 aromatic rings. The number of hydrogen-bond acceptors (Lipinski definition) is 4. The number of aromatic nitrogens is 1. The number of quaternary nitrogens is 1. The quantitative estimate of drug-likeness (QED) is 0.569. The van der Waals surface area contributed by atoms with E-state index in [1.54, 1.807) is 19.4 Å². The highest BCUT2D eigenvalue weighted by molar-refractivity contribution is 6.29. The summed E-state index contributed by atoms with van der Waals surface area (Å²) in [6.45, 7) is 2.05. The van der Waals surface area contributed by atoms with Gasteiger partial charge < -0.3 is 19.9 Å². The first-order chi connectivity index (χ1) is 10.7. The predicted molar refractivity (Wildman–Crippen MR) is 84.2 cm³/mol. The normalized spacial score (nSPS) is 10.5. The lowest BCUT2D eigenvalue weighted by molar-refractivity contribution is -0.671. The van der Waals surface area contributed by atoms with Gasteiger partial charge in [-0.15, -0.1) is 0 Å². The van der Waals surface area contributed by atoms with Crippen LogP contribution in [-0.2, 0) is 13.2 Å². The van der Waals surface area contributed by atoms with Gasteiger partial charge in [0.25, 0.3) is 0 Å². The van der Waals surface area contributed by atoms with Gasteiger partial charge in [0.1, 0.15) is 18.3 Å². The molecule has 0 saturated heterocycles. The molecule has 0 aliphatic heterocycles. The molecule has 2 rings (SSSR count). The van der Waals surface area contributed by atoms with Gasteiger partial charge in [-0.2, -0.15) is 0 Å². The number of aliphatic hydroxyl groups is 1. The Hall–Kier alpha value is -1.82. The second-order valence-electron chi connectivity index (χ2n) is 4.77. The maximum Gasteiger partial charge on any atom is 0.161 e. The van der Waals surface area contributed by atoms with Crippen LogP contribution in [0.25, 0.3) is 0 Å². The number of aliphatic hydroxyl groups excluding tert-OH is 1. The van der Waals surface area contributed by atoms with Crippen molar-refractivity contribution in [1.29, 1.82) is 0 Å². The number of hydrogen-bond donors (Lipinski definition) is 2. The number of benzene rings is 1. The smallest absolute Gasteiger partial charge is 0.161 e. The average Bonchev–Trinajstić information content (AvgIpc) is 2.55. The van der Waals surface area contributed by atoms with Crippen LogP contribution < -0.4 is 14.8 Å². The molecule has 1 aromatic heterocycles. The van der Waals surface area contributed by atoms with E-state index in [4.69, 9.17) is 26.2 Å². The maximum absolute atomic E-state index is 8.80. The standard InChI is InChI=1S/C16H19ClN2O3/c1-21-15-8-12(9-18-6-7-20)2-4-14(15)22-11-13-3-5-16(17)19-10-13/h2-5,8,10,18,20H,6-7,9,11H2,1H3/p+1. The van der Waals surface area contributed by atoms with E-state index in [9.17, 15) is 0 Å². The van der Waals surface area contributed by atoms with Crippen molar-refractivity contribution >= 4 is 11.6 Å². The molecule has 1 aromatic carbocycles. The van der Waals surface area contributed by atoms with Gasteiger partial charge in [-0.1, -0.05) is 17.7 Å². The van der Waals surface area contributed by atoms with Gasteiger partial charge in [-0.05, 0) is 24.3 Å². The number of rotatable bonds is 8. The topological polar surface area (TPSA) is 68.2 Å². The summed E-state index contributed by atoms with van der Waals surface area (Å²) in [6, 6.07) is 9.44. The van der Waals surface area contributed by atoms with Crippen LogP contribution in [-0.4, -0.2) is 30.4 Å². The highest BCUT2D eigenvalue weighted by Gasteiger charge is 2.07. The molecule has 0 radical (unpaired) electrons. The highest BCUT2D eigenvalue weighted by Crippen LogP contribution is 2.28. The molecule has 0 amide bonds. The molecule has 0 fully saturated rings. The first kappa shape index (κ1) is 16.5. The third-order valence-corrected chi connectivity index (χ3v) is 3.35. The molecule has 0 bridgehead atoms. The van der Waals surface area contributed by atoms with E-state index in [-0.39, 0.29) is 6.61 Å². The van der Waals surface area contributed by atoms with Crippen LogP contribution in [0.2, 0.25) is 5.15 Å². The maximum atomic E-state index is 8.80. The molecular weight excluding hydrogens is 304 g/mol. The highest BCUT2D eigenvalue weighted by atomic mass is 35.5. The van der Waals surface area contributed by atoms with Crippen molar-refractivity contribution in [2.75, 3.05) is 20.3 Å². The van der Waals surface area contributed by atoms with Gasteiger partial charge in [0.2, 0.25) is 0 Å². The monoisotopic (exact) mass is 323 g/mol. The van der Waals surface area contributed by atoms with E-state index in [0.717, 1.165) is 17.7 Å². The summed E-state index contributed by atoms with van der Waals surface area (Å²) in [5.41, 5.74) is 2.05. The Morgan fingerprint density at radius 2 is 2.00 bits per heavy atom. The molecule has 5 nitrogen and oxygen atoms in total. The molecule has 3 N–H and O–H groups in total. The summed E-state index contributed by atoms with van der Waals surface area (Å²) in [4.78, 5) is 4.02. The van der Waals surface area contributed by atoms with Crippen LogP contribution in [0.15, 0.2) is 36.5 Å². The fraction of sp³-hybridized carbons (Fsp3) is 0.312. The Balaban J connectivity index is 1.99. The fourth-order valence-electron chi connectivity index (χ4n) is 1.97. The van der Waals surface area contributed by atoms with Crippen molar-refractivity contribution in [1.82, 2.24) is 4.98 Å². The third-order valence-electron chi connectivity index (χ3n) is 3.12. The lowest BCUT2D eigenvalue weighted by Crippen LogP contribution is -2.83. The minimum Gasteiger partial charge on any atom is -0.493 e. The zero-order valence-electron chi connectivity index (χ0n) is 12.5. The number of pyridine rings is 1. The molecule has 22 heavy (non-hydrogen) atoms. The zero-order valence-corrected chi connectivity index (χ0v) is 13.2. The molecule has 0 atom stereocenters. The van der Waals surface area contributed by atoms with E-state index in [1.807, 2.05) is 29.6 Å². The van der Waals surface area contributed by atoms with Crippen LogP contribution in [0.3, 0.4) is 0 Å². The molecule has 0 spiro atoms. The van der Waals surface area contributed by atoms with E-state index in [1.165, 1.54) is 0 Å². The first-order valence-electron chi connectivity index (χ1n) is 7.05. The minimum atomic E-state index is 0.174. The lowest BCUT2D eigenvalue weighted by atomic mass is 10.2. The first-order valence-corrected chi connectivity index (χ1v) is 7.43. The van der Waals surface area contributed by atoms with Crippen molar-refractivity contribution in [3.8, 4) is 11.5 Å². The number of methoxy groups -OCH3 is 1. The van der Waals surface area contributed by atoms with E-state index in [2.05, 4.69) is 4.98 Å². The lowest BCUT2D eigenvalue weighted by Gasteiger charge is -2.12. The number of halogens is 1. The largest absolute Gasteiger partial charge is 0.493 e. The number of nitrogens with two attached hydrogens (primary N) is 1. The van der Waals surface area contributed by atoms with Crippen LogP contribution in [0.1, 0.15) is 11.1 Å². The summed E-state index contributed by atoms with van der Waals surface area (Å²) in [5.74, 6) is 1.38. The molecule has 0 unspecified atom stereocenters. The SMILES string of the molecule is COc1cc(C[NH2+]CCO)ccc1OCc1ccc(Cl)nc1. The van der Waals surface area contributed by atoms with E-state index in [0.29, 0.717) is 29.8 Å². The number of nitrogens with zero attached hydrogens (tertiary/aromatic N) is 1. The predicted octanol–water partition coefficient (Wildman–Crippen LogP) is 1.38. The second kappa shape index (κ2) is 8.58. The van der Waals surface area contributed by atoms with Gasteiger partial charge in [0.05, 0.1) is 20.3 Å². The second-order valence-corrected chi connectivity index (χ2v) is 5.16. The average molecular weight is 324 g/mol. The van der Waals surface area contributed by atoms with Crippen molar-refractivity contribution in [3.63, 3.8) is 0 Å². The van der Waals surface area contributed by atoms with Gasteiger partial charge in [0.15, 0.2) is 11.5 Å². The summed E-state index contributed by atoms with van der Waals surface area (Å²) in [5, 5.41) is 11.3. The fourth-order valence-corrected chi connectivity index (χ4v) is 2.08. The molecule has 1 heterocycles. The van der Waals surface area contributed by atoms with Crippen LogP contribution in [0, 0.1) is 0 Å². The summed E-state index contributed by atoms with van der Waals surface area (Å²) >= 11 is 5.76. The van der Waals surface area contributed by atoms with Crippen LogP contribution in [0.5, 0.6) is 11.5 Å². The molecule has 0 aliphatic carbocycles. The summed E-state index contributed by atoms with van der Waals surface area (Å²) < 4.78 is 11.2. The molecule has 118 valence electrons. The minimum absolute atomic E-state index is 0.174. The Morgan fingerprint density at radius 1 is 1.18 bits per heavy atom. The third kappa shape index (κ3) is 4.87. The van der Waals surface area contributed by atoms with Gasteiger partial charge in [-0.3, -0.25) is 0 Å². The summed E-state index contributed by atoms with van der Waals surface area (Å²) in [6.07, 6.45) is 1.69. The molecule has 0 saturated carbocycles. The van der Waals surface area contributed by atoms with Gasteiger partial charge in [-0.25, -0.2) is 4.98 Å². The van der Waals surface area contributed by atoms with Crippen molar-refractivity contribution < 1.29 is 19.9 Å². The Bertz CT molecular complexity index is 590. The zero-order chi connectivity index (χ0) is 15.8. The molecular formula is C16H20ClN2O3+. The Kier molecular flexibility index (Phi) is 6.45.